The molecule has 3 aromatic heterocycles. The van der Waals surface area contributed by atoms with Gasteiger partial charge >= 0.3 is 0 Å². The number of fused-ring (bicyclic) bond motifs is 10. The molecular weight excluding hydrogens is 536 g/mol. The molecule has 0 amide bonds. The molecule has 8 aromatic rings. The molecule has 0 atom stereocenters. The van der Waals surface area contributed by atoms with Crippen LogP contribution in [0.4, 0.5) is 0 Å². The second-order valence-electron chi connectivity index (χ2n) is 11.3. The number of aromatic nitrogens is 4. The van der Waals surface area contributed by atoms with Gasteiger partial charge in [-0.05, 0) is 116 Å². The number of hydrogen-bond acceptors (Lipinski definition) is 2. The van der Waals surface area contributed by atoms with Gasteiger partial charge in [-0.2, -0.15) is 0 Å². The lowest BCUT2D eigenvalue weighted by molar-refractivity contribution is 1.28. The van der Waals surface area contributed by atoms with Crippen LogP contribution in [0.2, 0.25) is 0 Å². The predicted molar refractivity (Wildman–Crippen MR) is 187 cm³/mol. The van der Waals surface area contributed by atoms with Crippen molar-refractivity contribution in [3.63, 3.8) is 0 Å². The molecule has 10 rings (SSSR count). The van der Waals surface area contributed by atoms with E-state index in [9.17, 15) is 0 Å². The molecule has 44 heavy (non-hydrogen) atoms. The van der Waals surface area contributed by atoms with Gasteiger partial charge in [0.2, 0.25) is 0 Å². The monoisotopic (exact) mass is 562 g/mol. The number of benzene rings is 5. The van der Waals surface area contributed by atoms with E-state index in [-0.39, 0.29) is 0 Å². The molecule has 2 aliphatic heterocycles. The van der Waals surface area contributed by atoms with Crippen molar-refractivity contribution in [2.45, 2.75) is 0 Å². The van der Waals surface area contributed by atoms with Crippen LogP contribution in [-0.2, 0) is 0 Å². The Hall–Kier alpha value is -6.00. The summed E-state index contributed by atoms with van der Waals surface area (Å²) in [4.78, 5) is 16.0. The second kappa shape index (κ2) is 9.79. The zero-order chi connectivity index (χ0) is 29.0. The van der Waals surface area contributed by atoms with Crippen molar-refractivity contribution < 1.29 is 0 Å². The molecule has 0 saturated heterocycles. The fourth-order valence-electron chi connectivity index (χ4n) is 6.52. The average molecular weight is 563 g/mol. The first-order valence-electron chi connectivity index (χ1n) is 14.8. The maximum atomic E-state index is 4.62. The highest BCUT2D eigenvalue weighted by Gasteiger charge is 2.11. The lowest BCUT2D eigenvalue weighted by Gasteiger charge is -2.13. The van der Waals surface area contributed by atoms with Gasteiger partial charge in [0.15, 0.2) is 0 Å². The van der Waals surface area contributed by atoms with Crippen molar-refractivity contribution in [3.05, 3.63) is 144 Å². The van der Waals surface area contributed by atoms with E-state index in [2.05, 4.69) is 123 Å². The highest BCUT2D eigenvalue weighted by molar-refractivity contribution is 6.32. The Labute approximate surface area is 253 Å². The maximum absolute atomic E-state index is 4.62. The zero-order valence-electron chi connectivity index (χ0n) is 23.8. The van der Waals surface area contributed by atoms with Crippen molar-refractivity contribution in [3.8, 4) is 0 Å². The van der Waals surface area contributed by atoms with Gasteiger partial charge in [0.1, 0.15) is 0 Å². The Morgan fingerprint density at radius 1 is 0.341 bits per heavy atom. The highest BCUT2D eigenvalue weighted by atomic mass is 14.8. The van der Waals surface area contributed by atoms with Crippen LogP contribution in [-0.4, -0.2) is 19.9 Å². The molecular formula is C40H26N4. The van der Waals surface area contributed by atoms with Gasteiger partial charge in [-0.15, -0.1) is 0 Å². The van der Waals surface area contributed by atoms with Crippen molar-refractivity contribution in [2.24, 2.45) is 0 Å². The van der Waals surface area contributed by atoms with E-state index in [0.717, 1.165) is 44.8 Å². The summed E-state index contributed by atoms with van der Waals surface area (Å²) in [5, 5.41) is 10.9. The molecule has 0 unspecified atom stereocenters. The van der Waals surface area contributed by atoms with Gasteiger partial charge in [-0.1, -0.05) is 72.8 Å². The first-order chi connectivity index (χ1) is 21.7. The molecule has 8 bridgehead atoms. The van der Waals surface area contributed by atoms with E-state index in [1.54, 1.807) is 0 Å². The molecule has 0 radical (unpaired) electrons. The molecule has 0 saturated carbocycles. The third-order valence-corrected chi connectivity index (χ3v) is 8.43. The fourth-order valence-corrected chi connectivity index (χ4v) is 6.52. The minimum atomic E-state index is 0.915. The van der Waals surface area contributed by atoms with Crippen molar-refractivity contribution >= 4 is 89.5 Å². The van der Waals surface area contributed by atoms with Crippen molar-refractivity contribution in [1.29, 1.82) is 0 Å². The number of hydrogen-bond donors (Lipinski definition) is 2. The van der Waals surface area contributed by atoms with Crippen LogP contribution >= 0.6 is 0 Å². The molecule has 5 heterocycles. The largest absolute Gasteiger partial charge is 0.355 e. The van der Waals surface area contributed by atoms with Crippen LogP contribution in [0.15, 0.2) is 121 Å². The molecule has 4 nitrogen and oxygen atoms in total. The van der Waals surface area contributed by atoms with E-state index in [1.807, 2.05) is 42.5 Å². The first kappa shape index (κ1) is 24.6. The molecule has 2 N–H and O–H groups in total. The lowest BCUT2D eigenvalue weighted by atomic mass is 9.90. The van der Waals surface area contributed by atoms with E-state index < -0.39 is 0 Å². The van der Waals surface area contributed by atoms with E-state index >= 15 is 0 Å². The Balaban J connectivity index is 0.000000125. The third kappa shape index (κ3) is 4.24. The van der Waals surface area contributed by atoms with Crippen LogP contribution in [0.5, 0.6) is 0 Å². The van der Waals surface area contributed by atoms with E-state index in [1.165, 1.54) is 43.1 Å². The maximum Gasteiger partial charge on any atom is 0.0659 e. The summed E-state index contributed by atoms with van der Waals surface area (Å²) < 4.78 is 0. The lowest BCUT2D eigenvalue weighted by Crippen LogP contribution is -1.85. The normalized spacial score (nSPS) is 12.4. The summed E-state index contributed by atoms with van der Waals surface area (Å²) in [7, 11) is 0. The van der Waals surface area contributed by atoms with Crippen LogP contribution in [0, 0.1) is 0 Å². The van der Waals surface area contributed by atoms with Crippen molar-refractivity contribution in [1.82, 2.24) is 19.9 Å². The molecule has 206 valence electrons. The quantitative estimate of drug-likeness (QED) is 0.143. The number of nitrogens with one attached hydrogen (secondary N) is 2. The minimum absolute atomic E-state index is 0.915. The summed E-state index contributed by atoms with van der Waals surface area (Å²) in [6.45, 7) is 0. The molecule has 0 spiro atoms. The van der Waals surface area contributed by atoms with Gasteiger partial charge in [0.05, 0.1) is 22.8 Å². The molecule has 0 fully saturated rings. The van der Waals surface area contributed by atoms with Crippen LogP contribution in [0.3, 0.4) is 0 Å². The molecule has 2 aliphatic rings. The average Bonchev–Trinajstić information content (AvgIpc) is 3.87. The smallest absolute Gasteiger partial charge is 0.0659 e. The summed E-state index contributed by atoms with van der Waals surface area (Å²) >= 11 is 0. The third-order valence-electron chi connectivity index (χ3n) is 8.43. The molecule has 0 aliphatic carbocycles. The Morgan fingerprint density at radius 3 is 1.07 bits per heavy atom. The fraction of sp³-hybridized carbons (Fsp3) is 0. The van der Waals surface area contributed by atoms with Crippen molar-refractivity contribution in [2.75, 3.05) is 0 Å². The zero-order valence-corrected chi connectivity index (χ0v) is 23.8. The van der Waals surface area contributed by atoms with Crippen LogP contribution < -0.4 is 0 Å². The number of aromatic amines is 2. The Kier molecular flexibility index (Phi) is 5.47. The van der Waals surface area contributed by atoms with Gasteiger partial charge in [0.25, 0.3) is 0 Å². The van der Waals surface area contributed by atoms with E-state index in [0.29, 0.717) is 0 Å². The number of H-pyrrole nitrogens is 2. The Morgan fingerprint density at radius 2 is 0.682 bits per heavy atom. The van der Waals surface area contributed by atoms with Crippen LogP contribution in [0.25, 0.3) is 89.5 Å². The summed E-state index contributed by atoms with van der Waals surface area (Å²) in [5.74, 6) is 0. The number of rotatable bonds is 0. The van der Waals surface area contributed by atoms with Gasteiger partial charge < -0.3 is 9.97 Å². The summed E-state index contributed by atoms with van der Waals surface area (Å²) in [5.41, 5.74) is 7.86. The minimum Gasteiger partial charge on any atom is -0.355 e. The predicted octanol–water partition coefficient (Wildman–Crippen LogP) is 10.4. The molecule has 4 heteroatoms. The van der Waals surface area contributed by atoms with Gasteiger partial charge in [-0.25, -0.2) is 9.97 Å². The second-order valence-corrected chi connectivity index (χ2v) is 11.3. The highest BCUT2D eigenvalue weighted by Crippen LogP contribution is 2.39. The Bertz CT molecular complexity index is 2360. The standard InChI is InChI=1S/C20H14N4.C20H12/c1-2-14-10-16-5-6-18(23-16)12-20-8-7-19(24-20)11-17-4-3-15(22-17)9-13(1)21-14;1-5-13-6-2-11-17-18-12-4-8-14-7-3-10-16(20(14)18)15(9-1)19(13)17/h1-12,21-22H;1-12H. The van der Waals surface area contributed by atoms with Gasteiger partial charge in [0, 0.05) is 22.1 Å². The van der Waals surface area contributed by atoms with Crippen LogP contribution in [0.1, 0.15) is 22.8 Å². The SMILES string of the molecule is C1=Cc2cc3ccc(cc4ccc(cc5nc(cc1n2)C=C5)[nH]4)[nH]3.c1cc2cccc3c4cccc5cccc(c(c1)c23)c54. The summed E-state index contributed by atoms with van der Waals surface area (Å²) in [6.07, 6.45) is 8.05. The topological polar surface area (TPSA) is 57.4 Å². The molecule has 5 aromatic carbocycles. The summed E-state index contributed by atoms with van der Waals surface area (Å²) in [6, 6.07) is 42.9. The van der Waals surface area contributed by atoms with E-state index in [4.69, 9.17) is 0 Å². The number of nitrogens with zero attached hydrogens (tertiary/aromatic N) is 2. The van der Waals surface area contributed by atoms with Gasteiger partial charge in [-0.3, -0.25) is 0 Å². The first-order valence-corrected chi connectivity index (χ1v) is 14.8.